The number of nitrogens with zero attached hydrogens (tertiary/aromatic N) is 3. The van der Waals surface area contributed by atoms with E-state index >= 15 is 0 Å². The molecule has 32 heavy (non-hydrogen) atoms. The van der Waals surface area contributed by atoms with Crippen molar-refractivity contribution in [2.45, 2.75) is 37.9 Å². The Balaban J connectivity index is 1.40. The third kappa shape index (κ3) is 5.09. The molecule has 176 valence electrons. The fourth-order valence-corrected chi connectivity index (χ4v) is 5.09. The molecular formula is C23H30F3N3O3. The summed E-state index contributed by atoms with van der Waals surface area (Å²) in [7, 11) is 0. The van der Waals surface area contributed by atoms with Gasteiger partial charge < -0.3 is 14.5 Å². The minimum absolute atomic E-state index is 0.168. The second kappa shape index (κ2) is 9.79. The molecule has 0 N–H and O–H groups in total. The molecule has 1 aromatic carbocycles. The minimum atomic E-state index is -4.42. The Labute approximate surface area is 186 Å². The minimum Gasteiger partial charge on any atom is -0.378 e. The first kappa shape index (κ1) is 23.0. The van der Waals surface area contributed by atoms with Gasteiger partial charge in [0.05, 0.1) is 24.8 Å². The van der Waals surface area contributed by atoms with Crippen molar-refractivity contribution in [2.75, 3.05) is 52.5 Å². The van der Waals surface area contributed by atoms with Crippen molar-refractivity contribution in [3.8, 4) is 0 Å². The summed E-state index contributed by atoms with van der Waals surface area (Å²) in [5.74, 6) is 0.237. The number of alkyl halides is 3. The lowest BCUT2D eigenvalue weighted by Crippen LogP contribution is -2.59. The van der Waals surface area contributed by atoms with Crippen molar-refractivity contribution in [1.29, 1.82) is 0 Å². The number of rotatable bonds is 4. The molecule has 3 fully saturated rings. The van der Waals surface area contributed by atoms with Crippen LogP contribution in [0.1, 0.15) is 41.6 Å². The molecular weight excluding hydrogens is 423 g/mol. The molecule has 0 bridgehead atoms. The Bertz CT molecular complexity index is 795. The molecule has 1 atom stereocenters. The first-order valence-corrected chi connectivity index (χ1v) is 11.4. The highest BCUT2D eigenvalue weighted by Crippen LogP contribution is 2.32. The van der Waals surface area contributed by atoms with Gasteiger partial charge >= 0.3 is 6.18 Å². The predicted octanol–water partition coefficient (Wildman–Crippen LogP) is 2.88. The highest BCUT2D eigenvalue weighted by Gasteiger charge is 2.39. The van der Waals surface area contributed by atoms with Gasteiger partial charge in [-0.2, -0.15) is 13.2 Å². The van der Waals surface area contributed by atoms with E-state index in [1.54, 1.807) is 4.90 Å². The summed E-state index contributed by atoms with van der Waals surface area (Å²) in [6.07, 6.45) is -0.0414. The van der Waals surface area contributed by atoms with Crippen LogP contribution in [-0.2, 0) is 15.7 Å². The normalized spacial score (nSPS) is 22.2. The van der Waals surface area contributed by atoms with E-state index in [4.69, 9.17) is 4.74 Å². The van der Waals surface area contributed by atoms with Crippen molar-refractivity contribution < 1.29 is 27.5 Å². The van der Waals surface area contributed by atoms with Crippen molar-refractivity contribution in [3.63, 3.8) is 0 Å². The molecule has 1 unspecified atom stereocenters. The van der Waals surface area contributed by atoms with E-state index in [9.17, 15) is 22.8 Å². The topological polar surface area (TPSA) is 53.1 Å². The fraction of sp³-hybridized carbons (Fsp3) is 0.652. The van der Waals surface area contributed by atoms with E-state index in [-0.39, 0.29) is 23.4 Å². The van der Waals surface area contributed by atoms with Crippen LogP contribution in [0.3, 0.4) is 0 Å². The highest BCUT2D eigenvalue weighted by atomic mass is 19.4. The van der Waals surface area contributed by atoms with Crippen LogP contribution in [0.2, 0.25) is 0 Å². The molecule has 2 heterocycles. The van der Waals surface area contributed by atoms with Crippen LogP contribution in [0, 0.1) is 5.92 Å². The quantitative estimate of drug-likeness (QED) is 0.704. The van der Waals surface area contributed by atoms with Gasteiger partial charge in [0.15, 0.2) is 0 Å². The fourth-order valence-electron chi connectivity index (χ4n) is 5.09. The summed E-state index contributed by atoms with van der Waals surface area (Å²) in [6, 6.07) is 4.20. The molecule has 1 aromatic rings. The summed E-state index contributed by atoms with van der Waals surface area (Å²) in [6.45, 7) is 4.46. The maximum Gasteiger partial charge on any atom is 0.416 e. The monoisotopic (exact) mass is 453 g/mol. The second-order valence-corrected chi connectivity index (χ2v) is 8.83. The van der Waals surface area contributed by atoms with Gasteiger partial charge in [-0.1, -0.05) is 12.8 Å². The number of piperazine rings is 1. The van der Waals surface area contributed by atoms with Crippen LogP contribution in [0.25, 0.3) is 0 Å². The lowest BCUT2D eigenvalue weighted by Gasteiger charge is -2.43. The number of amides is 2. The van der Waals surface area contributed by atoms with Crippen LogP contribution < -0.4 is 0 Å². The van der Waals surface area contributed by atoms with E-state index in [0.717, 1.165) is 37.8 Å². The number of carbonyl (C=O) groups is 2. The van der Waals surface area contributed by atoms with Gasteiger partial charge in [-0.15, -0.1) is 0 Å². The number of hydrogen-bond donors (Lipinski definition) is 0. The number of morpholine rings is 1. The number of carbonyl (C=O) groups excluding carboxylic acids is 2. The van der Waals surface area contributed by atoms with Crippen molar-refractivity contribution in [3.05, 3.63) is 35.4 Å². The zero-order valence-corrected chi connectivity index (χ0v) is 18.1. The first-order valence-electron chi connectivity index (χ1n) is 11.4. The lowest BCUT2D eigenvalue weighted by molar-refractivity contribution is -0.144. The van der Waals surface area contributed by atoms with Gasteiger partial charge in [-0.05, 0) is 43.0 Å². The maximum absolute atomic E-state index is 13.4. The van der Waals surface area contributed by atoms with E-state index < -0.39 is 11.7 Å². The highest BCUT2D eigenvalue weighted by molar-refractivity contribution is 5.94. The Kier molecular flexibility index (Phi) is 7.05. The number of halogens is 3. The Morgan fingerprint density at radius 1 is 0.875 bits per heavy atom. The lowest BCUT2D eigenvalue weighted by atomic mass is 9.94. The number of benzene rings is 1. The van der Waals surface area contributed by atoms with Crippen molar-refractivity contribution in [2.24, 2.45) is 5.92 Å². The molecule has 3 aliphatic rings. The Hall–Kier alpha value is -2.13. The van der Waals surface area contributed by atoms with Gasteiger partial charge in [-0.25, -0.2) is 0 Å². The van der Waals surface area contributed by atoms with Gasteiger partial charge in [0, 0.05) is 44.8 Å². The maximum atomic E-state index is 13.4. The van der Waals surface area contributed by atoms with Gasteiger partial charge in [0.2, 0.25) is 5.91 Å². The summed E-state index contributed by atoms with van der Waals surface area (Å²) in [4.78, 5) is 32.0. The van der Waals surface area contributed by atoms with E-state index in [2.05, 4.69) is 4.90 Å². The zero-order chi connectivity index (χ0) is 22.7. The SMILES string of the molecule is O=C(c1ccc(C(F)(F)F)cc1)N1CCN(C(C(=O)N2CCOCC2)C2CCCC2)CC1. The molecule has 1 aliphatic carbocycles. The molecule has 6 nitrogen and oxygen atoms in total. The molecule has 2 aliphatic heterocycles. The summed E-state index contributed by atoms with van der Waals surface area (Å²) < 4.78 is 43.7. The average Bonchev–Trinajstić information content (AvgIpc) is 3.34. The van der Waals surface area contributed by atoms with Crippen LogP contribution in [0.4, 0.5) is 13.2 Å². The smallest absolute Gasteiger partial charge is 0.378 e. The number of hydrogen-bond acceptors (Lipinski definition) is 4. The average molecular weight is 454 g/mol. The van der Waals surface area contributed by atoms with E-state index in [1.165, 1.54) is 12.1 Å². The van der Waals surface area contributed by atoms with Crippen LogP contribution in [0.15, 0.2) is 24.3 Å². The van der Waals surface area contributed by atoms with Crippen LogP contribution in [0.5, 0.6) is 0 Å². The van der Waals surface area contributed by atoms with Gasteiger partial charge in [0.1, 0.15) is 0 Å². The molecule has 0 spiro atoms. The van der Waals surface area contributed by atoms with E-state index in [1.807, 2.05) is 4.90 Å². The number of ether oxygens (including phenoxy) is 1. The predicted molar refractivity (Wildman–Crippen MR) is 112 cm³/mol. The largest absolute Gasteiger partial charge is 0.416 e. The molecule has 2 saturated heterocycles. The van der Waals surface area contributed by atoms with Gasteiger partial charge in [0.25, 0.3) is 5.91 Å². The third-order valence-corrected chi connectivity index (χ3v) is 6.88. The molecule has 1 saturated carbocycles. The summed E-state index contributed by atoms with van der Waals surface area (Å²) in [5.41, 5.74) is -0.511. The second-order valence-electron chi connectivity index (χ2n) is 8.83. The summed E-state index contributed by atoms with van der Waals surface area (Å²) >= 11 is 0. The molecule has 9 heteroatoms. The molecule has 0 aromatic heterocycles. The first-order chi connectivity index (χ1) is 15.3. The summed E-state index contributed by atoms with van der Waals surface area (Å²) in [5, 5.41) is 0. The van der Waals surface area contributed by atoms with Crippen molar-refractivity contribution in [1.82, 2.24) is 14.7 Å². The van der Waals surface area contributed by atoms with Crippen LogP contribution in [-0.4, -0.2) is 85.0 Å². The van der Waals surface area contributed by atoms with Gasteiger partial charge in [-0.3, -0.25) is 14.5 Å². The van der Waals surface area contributed by atoms with Crippen molar-refractivity contribution >= 4 is 11.8 Å². The third-order valence-electron chi connectivity index (χ3n) is 6.88. The van der Waals surface area contributed by atoms with Crippen LogP contribution >= 0.6 is 0 Å². The standard InChI is InChI=1S/C23H30F3N3O3/c24-23(25,26)19-7-5-18(6-8-19)21(30)28-11-9-27(10-12-28)20(17-3-1-2-4-17)22(31)29-13-15-32-16-14-29/h5-8,17,20H,1-4,9-16H2. The Morgan fingerprint density at radius 3 is 2.03 bits per heavy atom. The molecule has 0 radical (unpaired) electrons. The molecule has 4 rings (SSSR count). The molecule has 2 amide bonds. The Morgan fingerprint density at radius 2 is 1.47 bits per heavy atom. The zero-order valence-electron chi connectivity index (χ0n) is 18.1. The van der Waals surface area contributed by atoms with E-state index in [0.29, 0.717) is 58.4 Å².